The molecule has 0 fully saturated rings. The summed E-state index contributed by atoms with van der Waals surface area (Å²) in [5.41, 5.74) is 4.14. The van der Waals surface area contributed by atoms with Gasteiger partial charge in [-0.05, 0) is 45.4 Å². The Hall–Kier alpha value is -3.13. The molecule has 0 amide bonds. The second kappa shape index (κ2) is 7.95. The molecule has 1 aromatic carbocycles. The number of rotatable bonds is 6. The molecule has 1 atom stereocenters. The maximum atomic E-state index is 6.55. The Bertz CT molecular complexity index is 1220. The minimum absolute atomic E-state index is 0.145. The third kappa shape index (κ3) is 3.59. The summed E-state index contributed by atoms with van der Waals surface area (Å²) in [7, 11) is 1.61. The number of nitrogens with zero attached hydrogens (tertiary/aromatic N) is 5. The van der Waals surface area contributed by atoms with Crippen LogP contribution in [0.2, 0.25) is 5.02 Å². The molecule has 3 aromatic heterocycles. The molecule has 4 aromatic rings. The maximum absolute atomic E-state index is 6.55. The van der Waals surface area contributed by atoms with Crippen LogP contribution in [0.5, 0.6) is 5.75 Å². The third-order valence-corrected chi connectivity index (χ3v) is 5.22. The number of methoxy groups -OCH3 is 1. The number of aryl methyl sites for hydroxylation is 3. The Balaban J connectivity index is 1.83. The van der Waals surface area contributed by atoms with E-state index in [0.717, 1.165) is 40.4 Å². The maximum Gasteiger partial charge on any atom is 0.249 e. The van der Waals surface area contributed by atoms with Crippen molar-refractivity contribution in [3.63, 3.8) is 0 Å². The summed E-state index contributed by atoms with van der Waals surface area (Å²) in [6.07, 6.45) is 0.766. The molecule has 0 spiro atoms. The molecule has 0 unspecified atom stereocenters. The number of hydrogen-bond donors (Lipinski definition) is 1. The van der Waals surface area contributed by atoms with Crippen molar-refractivity contribution in [3.8, 4) is 16.9 Å². The Morgan fingerprint density at radius 3 is 2.63 bits per heavy atom. The van der Waals surface area contributed by atoms with Crippen LogP contribution >= 0.6 is 11.6 Å². The highest BCUT2D eigenvalue weighted by Gasteiger charge is 2.22. The van der Waals surface area contributed by atoms with Crippen molar-refractivity contribution in [1.29, 1.82) is 0 Å². The van der Waals surface area contributed by atoms with Crippen LogP contribution in [-0.4, -0.2) is 31.8 Å². The average Bonchev–Trinajstić information content (AvgIpc) is 3.29. The molecule has 8 nitrogen and oxygen atoms in total. The van der Waals surface area contributed by atoms with Gasteiger partial charge in [0.1, 0.15) is 17.6 Å². The lowest BCUT2D eigenvalue weighted by Gasteiger charge is -2.15. The van der Waals surface area contributed by atoms with E-state index in [1.807, 2.05) is 32.0 Å². The molecule has 4 rings (SSSR count). The lowest BCUT2D eigenvalue weighted by molar-refractivity contribution is 0.356. The van der Waals surface area contributed by atoms with Gasteiger partial charge in [-0.3, -0.25) is 0 Å². The number of nitrogens with one attached hydrogen (secondary N) is 1. The SMILES string of the molecule is CC[C@H](Nc1cc(C)nc2c(-c3ccc(OC)cc3Cl)c(C)nn12)c1nc(C)no1. The average molecular weight is 427 g/mol. The van der Waals surface area contributed by atoms with Crippen LogP contribution in [0.3, 0.4) is 0 Å². The van der Waals surface area contributed by atoms with Crippen molar-refractivity contribution in [3.05, 3.63) is 52.4 Å². The van der Waals surface area contributed by atoms with E-state index in [4.69, 9.17) is 30.9 Å². The fourth-order valence-electron chi connectivity index (χ4n) is 3.46. The van der Waals surface area contributed by atoms with Crippen molar-refractivity contribution in [2.24, 2.45) is 0 Å². The molecule has 0 saturated heterocycles. The van der Waals surface area contributed by atoms with E-state index in [1.54, 1.807) is 24.6 Å². The predicted octanol–water partition coefficient (Wildman–Crippen LogP) is 4.93. The monoisotopic (exact) mass is 426 g/mol. The summed E-state index contributed by atoms with van der Waals surface area (Å²) in [6.45, 7) is 7.75. The fraction of sp³-hybridized carbons (Fsp3) is 0.333. The van der Waals surface area contributed by atoms with E-state index in [0.29, 0.717) is 22.5 Å². The smallest absolute Gasteiger partial charge is 0.249 e. The van der Waals surface area contributed by atoms with E-state index < -0.39 is 0 Å². The van der Waals surface area contributed by atoms with Crippen molar-refractivity contribution in [1.82, 2.24) is 24.7 Å². The lowest BCUT2D eigenvalue weighted by Crippen LogP contribution is -2.14. The highest BCUT2D eigenvalue weighted by atomic mass is 35.5. The molecule has 0 aliphatic carbocycles. The molecule has 0 aliphatic heterocycles. The standard InChI is InChI=1S/C21H23ClN6O2/c1-6-17(21-24-13(4)27-30-21)25-18-9-11(2)23-20-19(12(3)26-28(18)20)15-8-7-14(29-5)10-16(15)22/h7-10,17,25H,6H2,1-5H3/t17-/m0/s1. The predicted molar refractivity (Wildman–Crippen MR) is 115 cm³/mol. The van der Waals surface area contributed by atoms with Gasteiger partial charge in [0.2, 0.25) is 5.89 Å². The lowest BCUT2D eigenvalue weighted by atomic mass is 10.1. The molecule has 0 aliphatic rings. The number of fused-ring (bicyclic) bond motifs is 1. The van der Waals surface area contributed by atoms with Gasteiger partial charge in [-0.15, -0.1) is 0 Å². The molecule has 156 valence electrons. The zero-order valence-corrected chi connectivity index (χ0v) is 18.3. The molecule has 9 heteroatoms. The molecule has 3 heterocycles. The first-order valence-electron chi connectivity index (χ1n) is 9.68. The zero-order valence-electron chi connectivity index (χ0n) is 17.5. The second-order valence-corrected chi connectivity index (χ2v) is 7.52. The van der Waals surface area contributed by atoms with Crippen LogP contribution in [0.4, 0.5) is 5.82 Å². The summed E-state index contributed by atoms with van der Waals surface area (Å²) < 4.78 is 12.4. The van der Waals surface area contributed by atoms with Crippen molar-refractivity contribution in [2.45, 2.75) is 40.2 Å². The molecule has 0 bridgehead atoms. The fourth-order valence-corrected chi connectivity index (χ4v) is 3.72. The van der Waals surface area contributed by atoms with Gasteiger partial charge in [-0.1, -0.05) is 23.7 Å². The molecule has 0 radical (unpaired) electrons. The quantitative estimate of drug-likeness (QED) is 0.467. The highest BCUT2D eigenvalue weighted by Crippen LogP contribution is 2.36. The first-order chi connectivity index (χ1) is 14.4. The van der Waals surface area contributed by atoms with Gasteiger partial charge in [0.05, 0.1) is 23.4 Å². The molecule has 1 N–H and O–H groups in total. The summed E-state index contributed by atoms with van der Waals surface area (Å²) in [6, 6.07) is 7.40. The summed E-state index contributed by atoms with van der Waals surface area (Å²) in [5.74, 6) is 2.64. The van der Waals surface area contributed by atoms with Gasteiger partial charge >= 0.3 is 0 Å². The van der Waals surface area contributed by atoms with Gasteiger partial charge < -0.3 is 14.6 Å². The van der Waals surface area contributed by atoms with Crippen LogP contribution in [0.15, 0.2) is 28.8 Å². The van der Waals surface area contributed by atoms with E-state index in [1.165, 1.54) is 0 Å². The highest BCUT2D eigenvalue weighted by molar-refractivity contribution is 6.33. The number of anilines is 1. The van der Waals surface area contributed by atoms with Crippen LogP contribution < -0.4 is 10.1 Å². The molecule has 0 saturated carbocycles. The Morgan fingerprint density at radius 1 is 1.20 bits per heavy atom. The largest absolute Gasteiger partial charge is 0.497 e. The number of ether oxygens (including phenoxy) is 1. The second-order valence-electron chi connectivity index (χ2n) is 7.11. The summed E-state index contributed by atoms with van der Waals surface area (Å²) >= 11 is 6.55. The van der Waals surface area contributed by atoms with E-state index >= 15 is 0 Å². The third-order valence-electron chi connectivity index (χ3n) is 4.91. The van der Waals surface area contributed by atoms with Gasteiger partial charge in [0.25, 0.3) is 0 Å². The summed E-state index contributed by atoms with van der Waals surface area (Å²) in [5, 5.41) is 12.7. The normalized spacial score (nSPS) is 12.3. The van der Waals surface area contributed by atoms with Crippen LogP contribution in [0.25, 0.3) is 16.8 Å². The first-order valence-corrected chi connectivity index (χ1v) is 10.1. The van der Waals surface area contributed by atoms with Gasteiger partial charge in [-0.25, -0.2) is 4.98 Å². The van der Waals surface area contributed by atoms with E-state index in [-0.39, 0.29) is 6.04 Å². The first kappa shape index (κ1) is 20.2. The van der Waals surface area contributed by atoms with Crippen molar-refractivity contribution < 1.29 is 9.26 Å². The minimum atomic E-state index is -0.145. The van der Waals surface area contributed by atoms with Crippen LogP contribution in [0, 0.1) is 20.8 Å². The van der Waals surface area contributed by atoms with E-state index in [2.05, 4.69) is 22.4 Å². The minimum Gasteiger partial charge on any atom is -0.497 e. The van der Waals surface area contributed by atoms with E-state index in [9.17, 15) is 0 Å². The summed E-state index contributed by atoms with van der Waals surface area (Å²) in [4.78, 5) is 9.11. The molecular formula is C21H23ClN6O2. The molecular weight excluding hydrogens is 404 g/mol. The van der Waals surface area contributed by atoms with Crippen molar-refractivity contribution in [2.75, 3.05) is 12.4 Å². The Morgan fingerprint density at radius 2 is 2.00 bits per heavy atom. The molecule has 30 heavy (non-hydrogen) atoms. The van der Waals surface area contributed by atoms with Crippen LogP contribution in [0.1, 0.15) is 42.5 Å². The van der Waals surface area contributed by atoms with Gasteiger partial charge in [-0.2, -0.15) is 14.6 Å². The van der Waals surface area contributed by atoms with Gasteiger partial charge in [0.15, 0.2) is 11.5 Å². The van der Waals surface area contributed by atoms with Crippen LogP contribution in [-0.2, 0) is 0 Å². The Kier molecular flexibility index (Phi) is 5.34. The zero-order chi connectivity index (χ0) is 21.4. The Labute approximate surface area is 179 Å². The van der Waals surface area contributed by atoms with Gasteiger partial charge in [0, 0.05) is 17.3 Å². The number of aromatic nitrogens is 5. The van der Waals surface area contributed by atoms with Crippen molar-refractivity contribution >= 4 is 23.1 Å². The number of hydrogen-bond acceptors (Lipinski definition) is 7. The number of benzene rings is 1. The number of halogens is 1. The topological polar surface area (TPSA) is 90.4 Å².